The Morgan fingerprint density at radius 1 is 1.56 bits per heavy atom. The lowest BCUT2D eigenvalue weighted by Crippen LogP contribution is -2.33. The minimum Gasteiger partial charge on any atom is -0.352 e. The number of nitrogens with one attached hydrogen (secondary N) is 1. The van der Waals surface area contributed by atoms with Crippen LogP contribution in [0.5, 0.6) is 0 Å². The fourth-order valence-electron chi connectivity index (χ4n) is 1.99. The van der Waals surface area contributed by atoms with Crippen molar-refractivity contribution in [1.82, 2.24) is 9.62 Å². The van der Waals surface area contributed by atoms with E-state index in [2.05, 4.69) is 11.9 Å². The maximum atomic E-state index is 12.0. The van der Waals surface area contributed by atoms with Crippen molar-refractivity contribution >= 4 is 15.9 Å². The van der Waals surface area contributed by atoms with Crippen LogP contribution in [0.1, 0.15) is 26.2 Å². The zero-order valence-corrected chi connectivity index (χ0v) is 11.7. The van der Waals surface area contributed by atoms with Gasteiger partial charge < -0.3 is 5.32 Å². The highest BCUT2D eigenvalue weighted by atomic mass is 32.2. The number of hydrogen-bond donors (Lipinski definition) is 1. The van der Waals surface area contributed by atoms with Crippen LogP contribution in [0.2, 0.25) is 0 Å². The van der Waals surface area contributed by atoms with Crippen LogP contribution in [-0.2, 0) is 14.8 Å². The fourth-order valence-corrected chi connectivity index (χ4v) is 3.72. The molecule has 0 aromatic carbocycles. The summed E-state index contributed by atoms with van der Waals surface area (Å²) in [6, 6.07) is 0. The molecule has 1 heterocycles. The van der Waals surface area contributed by atoms with Gasteiger partial charge >= 0.3 is 0 Å². The molecule has 5 nitrogen and oxygen atoms in total. The summed E-state index contributed by atoms with van der Waals surface area (Å²) in [5.74, 6) is 0.238. The monoisotopic (exact) mass is 274 g/mol. The fraction of sp³-hybridized carbons (Fsp3) is 0.750. The average molecular weight is 274 g/mol. The van der Waals surface area contributed by atoms with E-state index in [1.165, 1.54) is 6.08 Å². The van der Waals surface area contributed by atoms with Crippen molar-refractivity contribution < 1.29 is 13.2 Å². The summed E-state index contributed by atoms with van der Waals surface area (Å²) in [6.07, 6.45) is 3.62. The predicted molar refractivity (Wildman–Crippen MR) is 71.6 cm³/mol. The van der Waals surface area contributed by atoms with Crippen molar-refractivity contribution in [2.75, 3.05) is 25.4 Å². The normalized spacial score (nSPS) is 20.8. The minimum atomic E-state index is -3.10. The van der Waals surface area contributed by atoms with Crippen molar-refractivity contribution in [3.05, 3.63) is 12.7 Å². The van der Waals surface area contributed by atoms with Crippen molar-refractivity contribution in [2.45, 2.75) is 26.2 Å². The number of amides is 1. The Morgan fingerprint density at radius 3 is 2.89 bits per heavy atom. The Balaban J connectivity index is 2.41. The van der Waals surface area contributed by atoms with E-state index < -0.39 is 10.0 Å². The van der Waals surface area contributed by atoms with Crippen LogP contribution in [-0.4, -0.2) is 44.0 Å². The molecular formula is C12H22N2O3S. The third-order valence-corrected chi connectivity index (χ3v) is 5.07. The number of carbonyl (C=O) groups is 1. The van der Waals surface area contributed by atoms with Crippen LogP contribution in [0.3, 0.4) is 0 Å². The first kappa shape index (κ1) is 15.2. The second-order valence-corrected chi connectivity index (χ2v) is 6.72. The van der Waals surface area contributed by atoms with Crippen molar-refractivity contribution in [3.63, 3.8) is 0 Å². The summed E-state index contributed by atoms with van der Waals surface area (Å²) in [6.45, 7) is 6.96. The summed E-state index contributed by atoms with van der Waals surface area (Å²) in [4.78, 5) is 11.0. The van der Waals surface area contributed by atoms with Crippen LogP contribution in [0.4, 0.5) is 0 Å². The molecule has 1 aliphatic heterocycles. The van der Waals surface area contributed by atoms with E-state index in [0.717, 1.165) is 12.8 Å². The molecule has 1 amide bonds. The molecule has 0 radical (unpaired) electrons. The molecule has 1 saturated heterocycles. The van der Waals surface area contributed by atoms with Gasteiger partial charge in [0.1, 0.15) is 0 Å². The van der Waals surface area contributed by atoms with E-state index in [-0.39, 0.29) is 17.6 Å². The molecule has 1 unspecified atom stereocenters. The molecule has 0 aliphatic carbocycles. The lowest BCUT2D eigenvalue weighted by atomic mass is 10.1. The number of sulfonamides is 1. The minimum absolute atomic E-state index is 0.206. The standard InChI is InChI=1S/C12H22N2O3S/c1-3-5-8-18(16,17)14-7-6-11(10-14)9-13-12(15)4-2/h4,11H,2-3,5-10H2,1H3,(H,13,15). The summed E-state index contributed by atoms with van der Waals surface area (Å²) in [5.41, 5.74) is 0. The first-order valence-electron chi connectivity index (χ1n) is 6.37. The molecule has 0 aromatic rings. The molecule has 1 rings (SSSR count). The van der Waals surface area contributed by atoms with E-state index in [1.54, 1.807) is 4.31 Å². The van der Waals surface area contributed by atoms with E-state index in [1.807, 2.05) is 6.92 Å². The Labute approximate surface area is 109 Å². The Morgan fingerprint density at radius 2 is 2.28 bits per heavy atom. The maximum Gasteiger partial charge on any atom is 0.243 e. The van der Waals surface area contributed by atoms with Gasteiger partial charge in [-0.25, -0.2) is 12.7 Å². The van der Waals surface area contributed by atoms with E-state index in [4.69, 9.17) is 0 Å². The average Bonchev–Trinajstić information content (AvgIpc) is 2.83. The van der Waals surface area contributed by atoms with E-state index in [0.29, 0.717) is 26.1 Å². The predicted octanol–water partition coefficient (Wildman–Crippen LogP) is 0.740. The lowest BCUT2D eigenvalue weighted by Gasteiger charge is -2.16. The topological polar surface area (TPSA) is 66.5 Å². The van der Waals surface area contributed by atoms with Gasteiger partial charge in [0.25, 0.3) is 0 Å². The summed E-state index contributed by atoms with van der Waals surface area (Å²) < 4.78 is 25.5. The molecule has 1 fully saturated rings. The van der Waals surface area contributed by atoms with Crippen molar-refractivity contribution in [1.29, 1.82) is 0 Å². The lowest BCUT2D eigenvalue weighted by molar-refractivity contribution is -0.116. The van der Waals surface area contributed by atoms with Crippen LogP contribution < -0.4 is 5.32 Å². The first-order valence-corrected chi connectivity index (χ1v) is 7.98. The Bertz CT molecular complexity index is 392. The van der Waals surface area contributed by atoms with Gasteiger partial charge in [-0.05, 0) is 24.8 Å². The van der Waals surface area contributed by atoms with Gasteiger partial charge in [-0.3, -0.25) is 4.79 Å². The summed E-state index contributed by atoms with van der Waals surface area (Å²) in [7, 11) is -3.10. The first-order chi connectivity index (χ1) is 8.49. The highest BCUT2D eigenvalue weighted by Gasteiger charge is 2.30. The Hall–Kier alpha value is -0.880. The van der Waals surface area contributed by atoms with Gasteiger partial charge in [0, 0.05) is 19.6 Å². The second-order valence-electron chi connectivity index (χ2n) is 4.63. The van der Waals surface area contributed by atoms with Gasteiger partial charge in [0.05, 0.1) is 5.75 Å². The van der Waals surface area contributed by atoms with Gasteiger partial charge in [0.2, 0.25) is 15.9 Å². The number of rotatable bonds is 7. The quantitative estimate of drug-likeness (QED) is 0.696. The third kappa shape index (κ3) is 4.42. The molecule has 18 heavy (non-hydrogen) atoms. The van der Waals surface area contributed by atoms with Gasteiger partial charge in [-0.15, -0.1) is 0 Å². The maximum absolute atomic E-state index is 12.0. The van der Waals surface area contributed by atoms with Crippen molar-refractivity contribution in [3.8, 4) is 0 Å². The summed E-state index contributed by atoms with van der Waals surface area (Å²) >= 11 is 0. The molecule has 1 N–H and O–H groups in total. The molecule has 6 heteroatoms. The van der Waals surface area contributed by atoms with E-state index >= 15 is 0 Å². The highest BCUT2D eigenvalue weighted by Crippen LogP contribution is 2.19. The van der Waals surface area contributed by atoms with Gasteiger partial charge in [-0.1, -0.05) is 19.9 Å². The van der Waals surface area contributed by atoms with Crippen LogP contribution in [0.25, 0.3) is 0 Å². The molecule has 0 spiro atoms. The van der Waals surface area contributed by atoms with Gasteiger partial charge in [-0.2, -0.15) is 0 Å². The molecule has 104 valence electrons. The zero-order chi connectivity index (χ0) is 13.6. The Kier molecular flexibility index (Phi) is 5.81. The SMILES string of the molecule is C=CC(=O)NCC1CCN(S(=O)(=O)CCCC)C1. The molecule has 1 aliphatic rings. The molecule has 0 saturated carbocycles. The number of unbranched alkanes of at least 4 members (excludes halogenated alkanes) is 1. The van der Waals surface area contributed by atoms with E-state index in [9.17, 15) is 13.2 Å². The summed E-state index contributed by atoms with van der Waals surface area (Å²) in [5, 5.41) is 2.71. The molecule has 0 bridgehead atoms. The largest absolute Gasteiger partial charge is 0.352 e. The van der Waals surface area contributed by atoms with Crippen LogP contribution in [0.15, 0.2) is 12.7 Å². The molecule has 0 aromatic heterocycles. The highest BCUT2D eigenvalue weighted by molar-refractivity contribution is 7.89. The molecular weight excluding hydrogens is 252 g/mol. The number of nitrogens with zero attached hydrogens (tertiary/aromatic N) is 1. The van der Waals surface area contributed by atoms with Crippen LogP contribution >= 0.6 is 0 Å². The number of hydrogen-bond acceptors (Lipinski definition) is 3. The van der Waals surface area contributed by atoms with Gasteiger partial charge in [0.15, 0.2) is 0 Å². The molecule has 1 atom stereocenters. The van der Waals surface area contributed by atoms with Crippen molar-refractivity contribution in [2.24, 2.45) is 5.92 Å². The smallest absolute Gasteiger partial charge is 0.243 e. The second kappa shape index (κ2) is 6.89. The zero-order valence-electron chi connectivity index (χ0n) is 10.9. The number of carbonyl (C=O) groups excluding carboxylic acids is 1. The third-order valence-electron chi connectivity index (χ3n) is 3.15. The van der Waals surface area contributed by atoms with Crippen LogP contribution in [0, 0.1) is 5.92 Å².